The highest BCUT2D eigenvalue weighted by Crippen LogP contribution is 2.31. The lowest BCUT2D eigenvalue weighted by molar-refractivity contribution is -0.134. The van der Waals surface area contributed by atoms with E-state index in [2.05, 4.69) is 0 Å². The average Bonchev–Trinajstić information content (AvgIpc) is 2.61. The fourth-order valence-corrected chi connectivity index (χ4v) is 2.39. The monoisotopic (exact) mass is 346 g/mol. The number of fused-ring (bicyclic) bond motifs is 1. The van der Waals surface area contributed by atoms with Gasteiger partial charge in [-0.15, -0.1) is 0 Å². The number of carbonyl (C=O) groups is 2. The van der Waals surface area contributed by atoms with Gasteiger partial charge in [0, 0.05) is 17.0 Å². The largest absolute Gasteiger partial charge is 0.486 e. The number of esters is 1. The van der Waals surface area contributed by atoms with Gasteiger partial charge in [0.2, 0.25) is 0 Å². The number of hydrogen-bond donors (Lipinski definition) is 0. The van der Waals surface area contributed by atoms with Crippen molar-refractivity contribution in [2.24, 2.45) is 0 Å². The minimum atomic E-state index is -0.469. The minimum absolute atomic E-state index is 0.00407. The summed E-state index contributed by atoms with van der Waals surface area (Å²) in [6.45, 7) is 0.953. The number of rotatable bonds is 5. The Morgan fingerprint density at radius 2 is 1.67 bits per heavy atom. The molecule has 24 heavy (non-hydrogen) atoms. The molecule has 0 fully saturated rings. The molecule has 1 aliphatic heterocycles. The molecule has 0 saturated carbocycles. The van der Waals surface area contributed by atoms with Crippen LogP contribution in [0.2, 0.25) is 5.02 Å². The summed E-state index contributed by atoms with van der Waals surface area (Å²) in [5.41, 5.74) is 0.485. The molecule has 0 radical (unpaired) electrons. The highest BCUT2D eigenvalue weighted by molar-refractivity contribution is 6.30. The van der Waals surface area contributed by atoms with Crippen LogP contribution in [0.15, 0.2) is 42.5 Å². The van der Waals surface area contributed by atoms with E-state index >= 15 is 0 Å². The van der Waals surface area contributed by atoms with Crippen molar-refractivity contribution in [2.45, 2.75) is 12.8 Å². The average molecular weight is 347 g/mol. The lowest BCUT2D eigenvalue weighted by atomic mass is 10.1. The summed E-state index contributed by atoms with van der Waals surface area (Å²) in [6.07, 6.45) is 0.0575. The number of carbonyl (C=O) groups excluding carboxylic acids is 2. The van der Waals surface area contributed by atoms with E-state index < -0.39 is 5.97 Å². The van der Waals surface area contributed by atoms with Crippen LogP contribution in [0.25, 0.3) is 0 Å². The van der Waals surface area contributed by atoms with Crippen LogP contribution >= 0.6 is 11.6 Å². The molecule has 5 nitrogen and oxygen atoms in total. The Bertz CT molecular complexity index is 755. The number of benzene rings is 2. The van der Waals surface area contributed by atoms with Gasteiger partial charge in [-0.25, -0.2) is 0 Å². The summed E-state index contributed by atoms with van der Waals surface area (Å²) in [5.74, 6) is 0.954. The number of hydrogen-bond acceptors (Lipinski definition) is 5. The topological polar surface area (TPSA) is 61.8 Å². The summed E-state index contributed by atoms with van der Waals surface area (Å²) in [4.78, 5) is 24.0. The van der Waals surface area contributed by atoms with Gasteiger partial charge in [0.05, 0.1) is 6.42 Å². The molecular weight excluding hydrogens is 332 g/mol. The van der Waals surface area contributed by atoms with E-state index in [-0.39, 0.29) is 18.6 Å². The standard InChI is InChI=1S/C18H15ClO5/c19-13-2-4-14(5-3-13)24-18(21)8-6-15(20)12-1-7-16-17(11-12)23-10-9-22-16/h1-5,7,11H,6,8-10H2. The first-order valence-electron chi connectivity index (χ1n) is 7.51. The van der Waals surface area contributed by atoms with E-state index in [0.29, 0.717) is 41.0 Å². The molecule has 3 rings (SSSR count). The van der Waals surface area contributed by atoms with Crippen LogP contribution in [0.1, 0.15) is 23.2 Å². The van der Waals surface area contributed by atoms with Crippen molar-refractivity contribution < 1.29 is 23.8 Å². The van der Waals surface area contributed by atoms with Crippen LogP contribution in [0.4, 0.5) is 0 Å². The van der Waals surface area contributed by atoms with Gasteiger partial charge < -0.3 is 14.2 Å². The van der Waals surface area contributed by atoms with Crippen molar-refractivity contribution in [3.8, 4) is 17.2 Å². The van der Waals surface area contributed by atoms with Crippen LogP contribution in [-0.2, 0) is 4.79 Å². The van der Waals surface area contributed by atoms with Gasteiger partial charge in [-0.2, -0.15) is 0 Å². The van der Waals surface area contributed by atoms with Crippen LogP contribution < -0.4 is 14.2 Å². The number of ether oxygens (including phenoxy) is 3. The summed E-state index contributed by atoms with van der Waals surface area (Å²) < 4.78 is 16.0. The maximum absolute atomic E-state index is 12.2. The third-order valence-corrected chi connectivity index (χ3v) is 3.72. The molecule has 124 valence electrons. The van der Waals surface area contributed by atoms with E-state index in [1.54, 1.807) is 42.5 Å². The minimum Gasteiger partial charge on any atom is -0.486 e. The fraction of sp³-hybridized carbons (Fsp3) is 0.222. The molecule has 0 amide bonds. The highest BCUT2D eigenvalue weighted by Gasteiger charge is 2.16. The lowest BCUT2D eigenvalue weighted by Gasteiger charge is -2.18. The maximum atomic E-state index is 12.2. The van der Waals surface area contributed by atoms with Crippen LogP contribution in [-0.4, -0.2) is 25.0 Å². The number of halogens is 1. The van der Waals surface area contributed by atoms with Crippen molar-refractivity contribution in [1.82, 2.24) is 0 Å². The van der Waals surface area contributed by atoms with Crippen LogP contribution in [0.5, 0.6) is 17.2 Å². The molecule has 0 bridgehead atoms. The zero-order valence-electron chi connectivity index (χ0n) is 12.8. The molecule has 1 aliphatic rings. The molecule has 0 spiro atoms. The van der Waals surface area contributed by atoms with Gasteiger partial charge in [-0.1, -0.05) is 11.6 Å². The Morgan fingerprint density at radius 1 is 0.958 bits per heavy atom. The smallest absolute Gasteiger partial charge is 0.311 e. The molecule has 2 aromatic carbocycles. The van der Waals surface area contributed by atoms with Gasteiger partial charge in [0.15, 0.2) is 17.3 Å². The van der Waals surface area contributed by atoms with E-state index in [1.807, 2.05) is 0 Å². The molecule has 0 aromatic heterocycles. The van der Waals surface area contributed by atoms with Crippen molar-refractivity contribution in [1.29, 1.82) is 0 Å². The molecule has 1 heterocycles. The summed E-state index contributed by atoms with van der Waals surface area (Å²) >= 11 is 5.76. The zero-order chi connectivity index (χ0) is 16.9. The van der Waals surface area contributed by atoms with E-state index in [9.17, 15) is 9.59 Å². The molecule has 0 atom stereocenters. The maximum Gasteiger partial charge on any atom is 0.311 e. The van der Waals surface area contributed by atoms with Crippen LogP contribution in [0.3, 0.4) is 0 Å². The van der Waals surface area contributed by atoms with Crippen molar-refractivity contribution in [2.75, 3.05) is 13.2 Å². The molecule has 2 aromatic rings. The second-order valence-corrected chi connectivity index (χ2v) is 5.65. The number of Topliss-reactive ketones (excluding diaryl/α,β-unsaturated/α-hetero) is 1. The summed E-state index contributed by atoms with van der Waals surface area (Å²) in [7, 11) is 0. The van der Waals surface area contributed by atoms with Crippen molar-refractivity contribution in [3.63, 3.8) is 0 Å². The van der Waals surface area contributed by atoms with Gasteiger partial charge in [0.1, 0.15) is 19.0 Å². The third-order valence-electron chi connectivity index (χ3n) is 3.47. The molecule has 0 saturated heterocycles. The second-order valence-electron chi connectivity index (χ2n) is 5.21. The predicted octanol–water partition coefficient (Wildman–Crippen LogP) is 3.68. The van der Waals surface area contributed by atoms with Crippen molar-refractivity contribution in [3.05, 3.63) is 53.1 Å². The molecule has 6 heteroatoms. The van der Waals surface area contributed by atoms with E-state index in [0.717, 1.165) is 0 Å². The Balaban J connectivity index is 1.55. The van der Waals surface area contributed by atoms with E-state index in [1.165, 1.54) is 0 Å². The van der Waals surface area contributed by atoms with Gasteiger partial charge in [0.25, 0.3) is 0 Å². The van der Waals surface area contributed by atoms with Crippen molar-refractivity contribution >= 4 is 23.4 Å². The van der Waals surface area contributed by atoms with Gasteiger partial charge in [-0.05, 0) is 42.5 Å². The summed E-state index contributed by atoms with van der Waals surface area (Å²) in [6, 6.07) is 11.5. The Morgan fingerprint density at radius 3 is 2.42 bits per heavy atom. The van der Waals surface area contributed by atoms with Gasteiger partial charge in [-0.3, -0.25) is 9.59 Å². The molecule has 0 unspecified atom stereocenters. The second kappa shape index (κ2) is 7.36. The van der Waals surface area contributed by atoms with Crippen LogP contribution in [0, 0.1) is 0 Å². The van der Waals surface area contributed by atoms with Gasteiger partial charge >= 0.3 is 5.97 Å². The Kier molecular flexibility index (Phi) is 5.01. The first kappa shape index (κ1) is 16.3. The van der Waals surface area contributed by atoms with E-state index in [4.69, 9.17) is 25.8 Å². The first-order chi connectivity index (χ1) is 11.6. The predicted molar refractivity (Wildman–Crippen MR) is 88.1 cm³/mol. The highest BCUT2D eigenvalue weighted by atomic mass is 35.5. The normalized spacial score (nSPS) is 12.5. The molecule has 0 aliphatic carbocycles. The Labute approximate surface area is 144 Å². The number of ketones is 1. The SMILES string of the molecule is O=C(CCC(=O)c1ccc2c(c1)OCCO2)Oc1ccc(Cl)cc1. The third kappa shape index (κ3) is 4.06. The lowest BCUT2D eigenvalue weighted by Crippen LogP contribution is -2.16. The molecular formula is C18H15ClO5. The zero-order valence-corrected chi connectivity index (χ0v) is 13.5. The first-order valence-corrected chi connectivity index (χ1v) is 7.89. The Hall–Kier alpha value is -2.53. The molecule has 0 N–H and O–H groups in total. The quantitative estimate of drug-likeness (QED) is 0.469. The summed E-state index contributed by atoms with van der Waals surface area (Å²) in [5, 5.41) is 0.559. The fourth-order valence-electron chi connectivity index (χ4n) is 2.26.